The number of carbonyl (C=O) groups is 1. The highest BCUT2D eigenvalue weighted by molar-refractivity contribution is 5.94. The number of aromatic nitrogens is 2. The monoisotopic (exact) mass is 432 g/mol. The van der Waals surface area contributed by atoms with Crippen LogP contribution in [0.3, 0.4) is 0 Å². The molecule has 0 atom stereocenters. The summed E-state index contributed by atoms with van der Waals surface area (Å²) in [7, 11) is 0. The van der Waals surface area contributed by atoms with Gasteiger partial charge in [0.15, 0.2) is 5.82 Å². The molecule has 2 heterocycles. The summed E-state index contributed by atoms with van der Waals surface area (Å²) in [5.41, 5.74) is 4.84. The molecule has 1 fully saturated rings. The summed E-state index contributed by atoms with van der Waals surface area (Å²) in [5, 5.41) is 0. The molecule has 0 N–H and O–H groups in total. The van der Waals surface area contributed by atoms with E-state index in [0.29, 0.717) is 31.7 Å². The Morgan fingerprint density at radius 3 is 2.28 bits per heavy atom. The van der Waals surface area contributed by atoms with E-state index in [9.17, 15) is 9.18 Å². The van der Waals surface area contributed by atoms with Crippen molar-refractivity contribution in [1.82, 2.24) is 14.9 Å². The molecule has 2 aromatic carbocycles. The average molecular weight is 433 g/mol. The lowest BCUT2D eigenvalue weighted by Crippen LogP contribution is -2.49. The van der Waals surface area contributed by atoms with E-state index in [1.54, 1.807) is 12.1 Å². The highest BCUT2D eigenvalue weighted by atomic mass is 19.1. The lowest BCUT2D eigenvalue weighted by atomic mass is 10.0. The SMILES string of the molecule is Cc1cccc(-c2nc(C)c(C(C)C)c(N3CCN(C(=O)c4ccc(F)cc4)CC3)n2)c1. The molecule has 0 spiro atoms. The van der Waals surface area contributed by atoms with Crippen LogP contribution >= 0.6 is 0 Å². The lowest BCUT2D eigenvalue weighted by molar-refractivity contribution is 0.0746. The lowest BCUT2D eigenvalue weighted by Gasteiger charge is -2.37. The molecule has 3 aromatic rings. The van der Waals surface area contributed by atoms with Crippen molar-refractivity contribution < 1.29 is 9.18 Å². The second-order valence-corrected chi connectivity index (χ2v) is 8.68. The molecule has 0 bridgehead atoms. The van der Waals surface area contributed by atoms with Crippen molar-refractivity contribution >= 4 is 11.7 Å². The van der Waals surface area contributed by atoms with Gasteiger partial charge in [-0.15, -0.1) is 0 Å². The van der Waals surface area contributed by atoms with Gasteiger partial charge in [-0.2, -0.15) is 0 Å². The molecule has 0 aliphatic carbocycles. The second kappa shape index (κ2) is 9.07. The van der Waals surface area contributed by atoms with E-state index in [-0.39, 0.29) is 17.6 Å². The molecule has 4 rings (SSSR count). The topological polar surface area (TPSA) is 49.3 Å². The zero-order valence-electron chi connectivity index (χ0n) is 19.1. The Hall–Kier alpha value is -3.28. The number of carbonyl (C=O) groups excluding carboxylic acids is 1. The fraction of sp³-hybridized carbons (Fsp3) is 0.346. The molecule has 1 amide bonds. The molecule has 0 radical (unpaired) electrons. The van der Waals surface area contributed by atoms with Crippen LogP contribution in [0.4, 0.5) is 10.2 Å². The van der Waals surface area contributed by atoms with Gasteiger partial charge in [0.2, 0.25) is 0 Å². The summed E-state index contributed by atoms with van der Waals surface area (Å²) in [6, 6.07) is 14.0. The third-order valence-corrected chi connectivity index (χ3v) is 5.93. The molecule has 1 aromatic heterocycles. The fourth-order valence-electron chi connectivity index (χ4n) is 4.29. The molecule has 1 aliphatic heterocycles. The van der Waals surface area contributed by atoms with Crippen LogP contribution in [0.1, 0.15) is 46.9 Å². The van der Waals surface area contributed by atoms with Gasteiger partial charge in [0.05, 0.1) is 0 Å². The van der Waals surface area contributed by atoms with Crippen LogP contribution in [-0.4, -0.2) is 47.0 Å². The Morgan fingerprint density at radius 1 is 0.969 bits per heavy atom. The molecular weight excluding hydrogens is 403 g/mol. The molecule has 166 valence electrons. The minimum atomic E-state index is -0.337. The van der Waals surface area contributed by atoms with Crippen molar-refractivity contribution in [1.29, 1.82) is 0 Å². The fourth-order valence-corrected chi connectivity index (χ4v) is 4.29. The second-order valence-electron chi connectivity index (χ2n) is 8.68. The number of anilines is 1. The molecule has 5 nitrogen and oxygen atoms in total. The molecule has 1 aliphatic rings. The highest BCUT2D eigenvalue weighted by Gasteiger charge is 2.26. The van der Waals surface area contributed by atoms with Crippen LogP contribution in [0.5, 0.6) is 0 Å². The van der Waals surface area contributed by atoms with Crippen LogP contribution in [0, 0.1) is 19.7 Å². The maximum atomic E-state index is 13.2. The number of amides is 1. The molecule has 0 unspecified atom stereocenters. The van der Waals surface area contributed by atoms with E-state index in [1.807, 2.05) is 24.0 Å². The summed E-state index contributed by atoms with van der Waals surface area (Å²) >= 11 is 0. The summed E-state index contributed by atoms with van der Waals surface area (Å²) in [5.74, 6) is 1.58. The van der Waals surface area contributed by atoms with Crippen molar-refractivity contribution in [3.05, 3.63) is 76.7 Å². The Labute approximate surface area is 188 Å². The predicted molar refractivity (Wildman–Crippen MR) is 126 cm³/mol. The maximum Gasteiger partial charge on any atom is 0.253 e. The average Bonchev–Trinajstić information content (AvgIpc) is 2.78. The number of benzene rings is 2. The number of halogens is 1. The highest BCUT2D eigenvalue weighted by Crippen LogP contribution is 2.31. The Balaban J connectivity index is 1.59. The van der Waals surface area contributed by atoms with Crippen molar-refractivity contribution in [2.75, 3.05) is 31.1 Å². The number of hydrogen-bond donors (Lipinski definition) is 0. The number of nitrogens with zero attached hydrogens (tertiary/aromatic N) is 4. The van der Waals surface area contributed by atoms with Gasteiger partial charge >= 0.3 is 0 Å². The molecule has 32 heavy (non-hydrogen) atoms. The Morgan fingerprint density at radius 2 is 1.66 bits per heavy atom. The third-order valence-electron chi connectivity index (χ3n) is 5.93. The van der Waals surface area contributed by atoms with Gasteiger partial charge in [-0.25, -0.2) is 14.4 Å². The minimum Gasteiger partial charge on any atom is -0.353 e. The van der Waals surface area contributed by atoms with Crippen molar-refractivity contribution in [2.45, 2.75) is 33.6 Å². The zero-order chi connectivity index (χ0) is 22.8. The first-order chi connectivity index (χ1) is 15.3. The normalized spacial score (nSPS) is 14.2. The Bertz CT molecular complexity index is 1120. The summed E-state index contributed by atoms with van der Waals surface area (Å²) < 4.78 is 13.2. The first-order valence-electron chi connectivity index (χ1n) is 11.1. The van der Waals surface area contributed by atoms with Gasteiger partial charge in [-0.3, -0.25) is 4.79 Å². The van der Waals surface area contributed by atoms with Crippen LogP contribution in [0.15, 0.2) is 48.5 Å². The summed E-state index contributed by atoms with van der Waals surface area (Å²) in [6.45, 7) is 11.0. The smallest absolute Gasteiger partial charge is 0.253 e. The van der Waals surface area contributed by atoms with E-state index in [2.05, 4.69) is 37.8 Å². The number of rotatable bonds is 4. The molecule has 0 saturated carbocycles. The first-order valence-corrected chi connectivity index (χ1v) is 11.1. The van der Waals surface area contributed by atoms with Gasteiger partial charge in [-0.1, -0.05) is 37.6 Å². The first kappa shape index (κ1) is 21.9. The number of piperazine rings is 1. The van der Waals surface area contributed by atoms with E-state index in [0.717, 1.165) is 28.5 Å². The van der Waals surface area contributed by atoms with Gasteiger partial charge < -0.3 is 9.80 Å². The number of aryl methyl sites for hydroxylation is 2. The standard InChI is InChI=1S/C26H29FN4O/c1-17(2)23-19(4)28-24(21-7-5-6-18(3)16-21)29-25(23)30-12-14-31(15-13-30)26(32)20-8-10-22(27)11-9-20/h5-11,16-17H,12-15H2,1-4H3. The van der Waals surface area contributed by atoms with Crippen LogP contribution in [0.2, 0.25) is 0 Å². The summed E-state index contributed by atoms with van der Waals surface area (Å²) in [4.78, 5) is 26.7. The predicted octanol–water partition coefficient (Wildman–Crippen LogP) is 4.99. The van der Waals surface area contributed by atoms with Crippen molar-refractivity contribution in [3.8, 4) is 11.4 Å². The largest absolute Gasteiger partial charge is 0.353 e. The van der Waals surface area contributed by atoms with Crippen LogP contribution in [-0.2, 0) is 0 Å². The van der Waals surface area contributed by atoms with Gasteiger partial charge in [-0.05, 0) is 50.1 Å². The van der Waals surface area contributed by atoms with Gasteiger partial charge in [0.25, 0.3) is 5.91 Å². The van der Waals surface area contributed by atoms with Gasteiger partial charge in [0, 0.05) is 48.6 Å². The van der Waals surface area contributed by atoms with Crippen LogP contribution < -0.4 is 4.90 Å². The van der Waals surface area contributed by atoms with E-state index >= 15 is 0 Å². The molecular formula is C26H29FN4O. The van der Waals surface area contributed by atoms with Gasteiger partial charge in [0.1, 0.15) is 11.6 Å². The van der Waals surface area contributed by atoms with E-state index in [4.69, 9.17) is 9.97 Å². The zero-order valence-corrected chi connectivity index (χ0v) is 19.1. The third kappa shape index (κ3) is 4.49. The maximum absolute atomic E-state index is 13.2. The minimum absolute atomic E-state index is 0.0620. The molecule has 1 saturated heterocycles. The Kier molecular flexibility index (Phi) is 6.21. The van der Waals surface area contributed by atoms with Crippen molar-refractivity contribution in [3.63, 3.8) is 0 Å². The number of hydrogen-bond acceptors (Lipinski definition) is 4. The summed E-state index contributed by atoms with van der Waals surface area (Å²) in [6.07, 6.45) is 0. The molecule has 6 heteroatoms. The quantitative estimate of drug-likeness (QED) is 0.583. The van der Waals surface area contributed by atoms with E-state index < -0.39 is 0 Å². The van der Waals surface area contributed by atoms with E-state index in [1.165, 1.54) is 17.7 Å². The van der Waals surface area contributed by atoms with Crippen molar-refractivity contribution in [2.24, 2.45) is 0 Å². The van der Waals surface area contributed by atoms with Crippen LogP contribution in [0.25, 0.3) is 11.4 Å².